The average Bonchev–Trinajstić information content (AvgIpc) is 2.49. The average molecular weight is 292 g/mol. The van der Waals surface area contributed by atoms with Gasteiger partial charge in [0.25, 0.3) is 0 Å². The number of carbonyl (C=O) groups is 1. The zero-order valence-corrected chi connectivity index (χ0v) is 13.1. The first kappa shape index (κ1) is 15.2. The van der Waals surface area contributed by atoms with Gasteiger partial charge in [-0.1, -0.05) is 19.3 Å². The number of hydrogen-bond donors (Lipinski definition) is 2. The highest BCUT2D eigenvalue weighted by molar-refractivity contribution is 7.98. The third kappa shape index (κ3) is 4.44. The first-order chi connectivity index (χ1) is 9.69. The Hall–Kier alpha value is -1.16. The van der Waals surface area contributed by atoms with Gasteiger partial charge in [0.2, 0.25) is 5.91 Å². The second kappa shape index (κ2) is 7.58. The smallest absolute Gasteiger partial charge is 0.242 e. The van der Waals surface area contributed by atoms with E-state index < -0.39 is 0 Å². The monoisotopic (exact) mass is 292 g/mol. The molecular weight excluding hydrogens is 268 g/mol. The van der Waals surface area contributed by atoms with Crippen molar-refractivity contribution < 1.29 is 4.79 Å². The Morgan fingerprint density at radius 1 is 1.20 bits per heavy atom. The number of benzene rings is 1. The molecule has 1 aromatic carbocycles. The number of anilines is 1. The molecule has 0 aliphatic heterocycles. The van der Waals surface area contributed by atoms with Crippen LogP contribution in [0.2, 0.25) is 0 Å². The van der Waals surface area contributed by atoms with Gasteiger partial charge in [-0.15, -0.1) is 11.8 Å². The minimum Gasteiger partial charge on any atom is -0.374 e. The van der Waals surface area contributed by atoms with E-state index in [0.29, 0.717) is 6.04 Å². The van der Waals surface area contributed by atoms with Crippen LogP contribution in [-0.2, 0) is 4.79 Å². The molecule has 1 atom stereocenters. The summed E-state index contributed by atoms with van der Waals surface area (Å²) in [6.45, 7) is 1.92. The van der Waals surface area contributed by atoms with Gasteiger partial charge in [0, 0.05) is 16.6 Å². The summed E-state index contributed by atoms with van der Waals surface area (Å²) in [5.41, 5.74) is 0.995. The quantitative estimate of drug-likeness (QED) is 0.814. The van der Waals surface area contributed by atoms with Gasteiger partial charge in [-0.25, -0.2) is 0 Å². The summed E-state index contributed by atoms with van der Waals surface area (Å²) in [7, 11) is 0. The fraction of sp³-hybridized carbons (Fsp3) is 0.562. The summed E-state index contributed by atoms with van der Waals surface area (Å²) in [6.07, 6.45) is 8.10. The maximum absolute atomic E-state index is 12.2. The lowest BCUT2D eigenvalue weighted by atomic mass is 9.95. The number of nitrogens with one attached hydrogen (secondary N) is 2. The molecular formula is C16H24N2OS. The van der Waals surface area contributed by atoms with Crippen LogP contribution in [0.25, 0.3) is 0 Å². The maximum atomic E-state index is 12.2. The molecule has 1 aliphatic carbocycles. The van der Waals surface area contributed by atoms with Gasteiger partial charge in [-0.2, -0.15) is 0 Å². The number of thioether (sulfide) groups is 1. The molecule has 1 aliphatic rings. The molecule has 1 unspecified atom stereocenters. The lowest BCUT2D eigenvalue weighted by molar-refractivity contribution is -0.122. The second-order valence-corrected chi connectivity index (χ2v) is 6.32. The predicted molar refractivity (Wildman–Crippen MR) is 86.3 cm³/mol. The van der Waals surface area contributed by atoms with Crippen LogP contribution in [0.1, 0.15) is 39.0 Å². The van der Waals surface area contributed by atoms with Crippen LogP contribution in [0, 0.1) is 0 Å². The van der Waals surface area contributed by atoms with Crippen LogP contribution in [0.4, 0.5) is 5.69 Å². The van der Waals surface area contributed by atoms with Crippen molar-refractivity contribution >= 4 is 23.4 Å². The van der Waals surface area contributed by atoms with E-state index in [2.05, 4.69) is 29.0 Å². The molecule has 1 amide bonds. The number of hydrogen-bond acceptors (Lipinski definition) is 3. The molecule has 2 rings (SSSR count). The van der Waals surface area contributed by atoms with E-state index in [-0.39, 0.29) is 11.9 Å². The van der Waals surface area contributed by atoms with E-state index in [1.165, 1.54) is 24.2 Å². The topological polar surface area (TPSA) is 41.1 Å². The first-order valence-corrected chi connectivity index (χ1v) is 8.62. The largest absolute Gasteiger partial charge is 0.374 e. The fourth-order valence-corrected chi connectivity index (χ4v) is 2.98. The van der Waals surface area contributed by atoms with Gasteiger partial charge < -0.3 is 10.6 Å². The Kier molecular flexibility index (Phi) is 5.77. The van der Waals surface area contributed by atoms with Crippen LogP contribution in [0.5, 0.6) is 0 Å². The highest BCUT2D eigenvalue weighted by Gasteiger charge is 2.19. The molecule has 1 fully saturated rings. The lowest BCUT2D eigenvalue weighted by Crippen LogP contribution is -2.43. The van der Waals surface area contributed by atoms with Crippen molar-refractivity contribution in [2.75, 3.05) is 11.6 Å². The van der Waals surface area contributed by atoms with Gasteiger partial charge in [-0.05, 0) is 50.3 Å². The molecule has 0 bridgehead atoms. The van der Waals surface area contributed by atoms with Crippen molar-refractivity contribution in [2.24, 2.45) is 0 Å². The minimum atomic E-state index is -0.197. The molecule has 20 heavy (non-hydrogen) atoms. The summed E-state index contributed by atoms with van der Waals surface area (Å²) >= 11 is 1.72. The normalized spacial score (nSPS) is 17.5. The van der Waals surface area contributed by atoms with Gasteiger partial charge in [0.15, 0.2) is 0 Å². The van der Waals surface area contributed by atoms with E-state index in [9.17, 15) is 4.79 Å². The molecule has 0 aromatic heterocycles. The third-order valence-electron chi connectivity index (χ3n) is 3.82. The highest BCUT2D eigenvalue weighted by Crippen LogP contribution is 2.19. The molecule has 1 saturated carbocycles. The predicted octanol–water partition coefficient (Wildman–Crippen LogP) is 3.66. The second-order valence-electron chi connectivity index (χ2n) is 5.44. The molecule has 1 aromatic rings. The van der Waals surface area contributed by atoms with Crippen molar-refractivity contribution in [3.8, 4) is 0 Å². The van der Waals surface area contributed by atoms with Crippen LogP contribution >= 0.6 is 11.8 Å². The molecule has 4 heteroatoms. The molecule has 3 nitrogen and oxygen atoms in total. The maximum Gasteiger partial charge on any atom is 0.242 e. The van der Waals surface area contributed by atoms with E-state index in [0.717, 1.165) is 18.5 Å². The molecule has 0 saturated heterocycles. The minimum absolute atomic E-state index is 0.103. The van der Waals surface area contributed by atoms with Crippen LogP contribution in [-0.4, -0.2) is 24.2 Å². The Morgan fingerprint density at radius 3 is 2.45 bits per heavy atom. The van der Waals surface area contributed by atoms with E-state index in [1.54, 1.807) is 11.8 Å². The standard InChI is InChI=1S/C16H24N2OS/c1-12(16(19)18-13-6-4-3-5-7-13)17-14-8-10-15(20-2)11-9-14/h8-13,17H,3-7H2,1-2H3,(H,18,19). The SMILES string of the molecule is CSc1ccc(NC(C)C(=O)NC2CCCCC2)cc1. The summed E-state index contributed by atoms with van der Waals surface area (Å²) in [6, 6.07) is 8.36. The van der Waals surface area contributed by atoms with Gasteiger partial charge in [0.1, 0.15) is 6.04 Å². The Morgan fingerprint density at radius 2 is 1.85 bits per heavy atom. The Balaban J connectivity index is 1.83. The van der Waals surface area contributed by atoms with Crippen molar-refractivity contribution in [1.82, 2.24) is 5.32 Å². The number of carbonyl (C=O) groups excluding carboxylic acids is 1. The number of rotatable bonds is 5. The van der Waals surface area contributed by atoms with Crippen molar-refractivity contribution in [1.29, 1.82) is 0 Å². The van der Waals surface area contributed by atoms with Crippen molar-refractivity contribution in [3.63, 3.8) is 0 Å². The summed E-state index contributed by atoms with van der Waals surface area (Å²) in [5, 5.41) is 6.42. The van der Waals surface area contributed by atoms with Crippen LogP contribution in [0.3, 0.4) is 0 Å². The van der Waals surface area contributed by atoms with Crippen LogP contribution < -0.4 is 10.6 Å². The van der Waals surface area contributed by atoms with E-state index in [4.69, 9.17) is 0 Å². The van der Waals surface area contributed by atoms with Gasteiger partial charge >= 0.3 is 0 Å². The van der Waals surface area contributed by atoms with Crippen LogP contribution in [0.15, 0.2) is 29.2 Å². The zero-order valence-electron chi connectivity index (χ0n) is 12.3. The number of amides is 1. The molecule has 0 spiro atoms. The van der Waals surface area contributed by atoms with Crippen molar-refractivity contribution in [3.05, 3.63) is 24.3 Å². The summed E-state index contributed by atoms with van der Waals surface area (Å²) in [5.74, 6) is 0.103. The summed E-state index contributed by atoms with van der Waals surface area (Å²) < 4.78 is 0. The summed E-state index contributed by atoms with van der Waals surface area (Å²) in [4.78, 5) is 13.4. The molecule has 0 heterocycles. The molecule has 0 radical (unpaired) electrons. The first-order valence-electron chi connectivity index (χ1n) is 7.40. The Labute approximate surface area is 125 Å². The fourth-order valence-electron chi connectivity index (χ4n) is 2.58. The zero-order chi connectivity index (χ0) is 14.4. The third-order valence-corrected chi connectivity index (χ3v) is 4.56. The molecule has 2 N–H and O–H groups in total. The van der Waals surface area contributed by atoms with Crippen molar-refractivity contribution in [2.45, 2.75) is 56.0 Å². The van der Waals surface area contributed by atoms with Gasteiger partial charge in [-0.3, -0.25) is 4.79 Å². The van der Waals surface area contributed by atoms with E-state index in [1.807, 2.05) is 19.1 Å². The molecule has 110 valence electrons. The van der Waals surface area contributed by atoms with E-state index >= 15 is 0 Å². The Bertz CT molecular complexity index is 427. The van der Waals surface area contributed by atoms with Gasteiger partial charge in [0.05, 0.1) is 0 Å². The lowest BCUT2D eigenvalue weighted by Gasteiger charge is -2.25. The highest BCUT2D eigenvalue weighted by atomic mass is 32.2.